The molecule has 0 radical (unpaired) electrons. The van der Waals surface area contributed by atoms with Gasteiger partial charge in [-0.1, -0.05) is 6.07 Å². The molecule has 8 nitrogen and oxygen atoms in total. The van der Waals surface area contributed by atoms with Crippen molar-refractivity contribution in [2.45, 2.75) is 6.54 Å². The van der Waals surface area contributed by atoms with Gasteiger partial charge in [-0.15, -0.1) is 11.3 Å². The molecule has 0 aliphatic rings. The molecule has 0 bridgehead atoms. The highest BCUT2D eigenvalue weighted by Gasteiger charge is 2.16. The first-order valence-electron chi connectivity index (χ1n) is 8.72. The number of hydrogen-bond acceptors (Lipinski definition) is 6. The van der Waals surface area contributed by atoms with Crippen LogP contribution in [-0.2, 0) is 6.54 Å². The van der Waals surface area contributed by atoms with Crippen LogP contribution in [0.1, 0.15) is 26.5 Å². The van der Waals surface area contributed by atoms with Crippen molar-refractivity contribution in [2.24, 2.45) is 0 Å². The standard InChI is InChI=1S/C20H16N6O2S/c27-18(24-17-5-1-2-8-22-17)15-13-29-20(23-15)25-19(28)16-4-3-11-26(16)12-14-6-9-21-10-7-14/h1-11,13H,12H2,(H,22,24,27)(H,23,25,28). The molecule has 4 aromatic heterocycles. The van der Waals surface area contributed by atoms with Crippen LogP contribution in [-0.4, -0.2) is 31.3 Å². The lowest BCUT2D eigenvalue weighted by molar-refractivity contribution is 0.100. The highest BCUT2D eigenvalue weighted by atomic mass is 32.1. The molecule has 2 N–H and O–H groups in total. The Kier molecular flexibility index (Phi) is 5.39. The van der Waals surface area contributed by atoms with Crippen LogP contribution < -0.4 is 10.6 Å². The van der Waals surface area contributed by atoms with E-state index in [1.807, 2.05) is 29.0 Å². The maximum atomic E-state index is 12.7. The molecular weight excluding hydrogens is 388 g/mol. The van der Waals surface area contributed by atoms with E-state index in [4.69, 9.17) is 0 Å². The van der Waals surface area contributed by atoms with Crippen LogP contribution in [0.3, 0.4) is 0 Å². The minimum absolute atomic E-state index is 0.211. The number of carbonyl (C=O) groups is 2. The molecular formula is C20H16N6O2S. The normalized spacial score (nSPS) is 10.5. The van der Waals surface area contributed by atoms with E-state index in [0.29, 0.717) is 23.2 Å². The maximum Gasteiger partial charge on any atom is 0.276 e. The highest BCUT2D eigenvalue weighted by Crippen LogP contribution is 2.18. The van der Waals surface area contributed by atoms with Crippen LogP contribution in [0.25, 0.3) is 0 Å². The summed E-state index contributed by atoms with van der Waals surface area (Å²) < 4.78 is 1.84. The summed E-state index contributed by atoms with van der Waals surface area (Å²) in [5.41, 5.74) is 1.74. The van der Waals surface area contributed by atoms with Crippen LogP contribution in [0.2, 0.25) is 0 Å². The van der Waals surface area contributed by atoms with E-state index in [-0.39, 0.29) is 17.5 Å². The Morgan fingerprint density at radius 1 is 0.966 bits per heavy atom. The molecule has 29 heavy (non-hydrogen) atoms. The van der Waals surface area contributed by atoms with E-state index < -0.39 is 0 Å². The summed E-state index contributed by atoms with van der Waals surface area (Å²) in [6.07, 6.45) is 6.85. The van der Waals surface area contributed by atoms with Gasteiger partial charge in [0.1, 0.15) is 17.2 Å². The molecule has 0 fully saturated rings. The van der Waals surface area contributed by atoms with Gasteiger partial charge in [-0.3, -0.25) is 19.9 Å². The smallest absolute Gasteiger partial charge is 0.276 e. The Balaban J connectivity index is 1.42. The fourth-order valence-corrected chi connectivity index (χ4v) is 3.34. The van der Waals surface area contributed by atoms with Crippen molar-refractivity contribution < 1.29 is 9.59 Å². The van der Waals surface area contributed by atoms with E-state index in [1.54, 1.807) is 48.2 Å². The molecule has 0 saturated heterocycles. The van der Waals surface area contributed by atoms with Crippen LogP contribution in [0, 0.1) is 0 Å². The molecule has 0 atom stereocenters. The van der Waals surface area contributed by atoms with Gasteiger partial charge in [0, 0.05) is 36.7 Å². The van der Waals surface area contributed by atoms with Crippen LogP contribution >= 0.6 is 11.3 Å². The van der Waals surface area contributed by atoms with Crippen LogP contribution in [0.15, 0.2) is 72.6 Å². The fraction of sp³-hybridized carbons (Fsp3) is 0.0500. The van der Waals surface area contributed by atoms with Crippen molar-refractivity contribution >= 4 is 34.1 Å². The van der Waals surface area contributed by atoms with E-state index in [0.717, 1.165) is 5.56 Å². The van der Waals surface area contributed by atoms with Crippen molar-refractivity contribution in [2.75, 3.05) is 10.6 Å². The minimum Gasteiger partial charge on any atom is -0.339 e. The molecule has 0 saturated carbocycles. The third-order valence-electron chi connectivity index (χ3n) is 4.03. The number of pyridine rings is 2. The number of aromatic nitrogens is 4. The number of nitrogens with one attached hydrogen (secondary N) is 2. The molecule has 0 aliphatic heterocycles. The van der Waals surface area contributed by atoms with Gasteiger partial charge in [0.15, 0.2) is 5.13 Å². The van der Waals surface area contributed by atoms with Gasteiger partial charge in [0.05, 0.1) is 0 Å². The first-order chi connectivity index (χ1) is 14.2. The first kappa shape index (κ1) is 18.5. The molecule has 0 aromatic carbocycles. The van der Waals surface area contributed by atoms with Crippen molar-refractivity contribution in [3.8, 4) is 0 Å². The number of rotatable bonds is 6. The Bertz CT molecular complexity index is 1120. The van der Waals surface area contributed by atoms with Gasteiger partial charge in [0.2, 0.25) is 0 Å². The van der Waals surface area contributed by atoms with Gasteiger partial charge < -0.3 is 9.88 Å². The number of nitrogens with zero attached hydrogens (tertiary/aromatic N) is 4. The number of anilines is 2. The Labute approximate surface area is 170 Å². The summed E-state index contributed by atoms with van der Waals surface area (Å²) in [4.78, 5) is 37.2. The van der Waals surface area contributed by atoms with Crippen molar-refractivity contribution in [3.05, 3.63) is 89.6 Å². The Hall–Kier alpha value is -3.85. The molecule has 4 heterocycles. The second-order valence-electron chi connectivity index (χ2n) is 6.04. The molecule has 144 valence electrons. The largest absolute Gasteiger partial charge is 0.339 e. The lowest BCUT2D eigenvalue weighted by Crippen LogP contribution is -2.18. The molecule has 4 rings (SSSR count). The van der Waals surface area contributed by atoms with E-state index >= 15 is 0 Å². The van der Waals surface area contributed by atoms with Crippen molar-refractivity contribution in [3.63, 3.8) is 0 Å². The summed E-state index contributed by atoms with van der Waals surface area (Å²) >= 11 is 1.18. The van der Waals surface area contributed by atoms with Crippen LogP contribution in [0.5, 0.6) is 0 Å². The predicted octanol–water partition coefficient (Wildman–Crippen LogP) is 3.29. The average molecular weight is 404 g/mol. The predicted molar refractivity (Wildman–Crippen MR) is 110 cm³/mol. The lowest BCUT2D eigenvalue weighted by atomic mass is 10.2. The number of carbonyl (C=O) groups excluding carboxylic acids is 2. The highest BCUT2D eigenvalue weighted by molar-refractivity contribution is 7.14. The zero-order valence-electron chi connectivity index (χ0n) is 15.1. The summed E-state index contributed by atoms with van der Waals surface area (Å²) in [6.45, 7) is 0.549. The zero-order chi connectivity index (χ0) is 20.1. The maximum absolute atomic E-state index is 12.7. The van der Waals surface area contributed by atoms with Gasteiger partial charge in [0.25, 0.3) is 11.8 Å². The average Bonchev–Trinajstić information content (AvgIpc) is 3.39. The van der Waals surface area contributed by atoms with Gasteiger partial charge in [-0.05, 0) is 42.0 Å². The lowest BCUT2D eigenvalue weighted by Gasteiger charge is -2.08. The van der Waals surface area contributed by atoms with Crippen LogP contribution in [0.4, 0.5) is 10.9 Å². The summed E-state index contributed by atoms with van der Waals surface area (Å²) in [6, 6.07) is 12.6. The molecule has 9 heteroatoms. The quantitative estimate of drug-likeness (QED) is 0.513. The number of amides is 2. The summed E-state index contributed by atoms with van der Waals surface area (Å²) in [5, 5.41) is 7.34. The second kappa shape index (κ2) is 8.44. The van der Waals surface area contributed by atoms with Gasteiger partial charge in [-0.2, -0.15) is 0 Å². The van der Waals surface area contributed by atoms with Gasteiger partial charge >= 0.3 is 0 Å². The van der Waals surface area contributed by atoms with E-state index in [1.165, 1.54) is 11.3 Å². The third kappa shape index (κ3) is 4.53. The van der Waals surface area contributed by atoms with Crippen molar-refractivity contribution in [1.82, 2.24) is 19.5 Å². The molecule has 0 spiro atoms. The SMILES string of the molecule is O=C(Nc1ccccn1)c1csc(NC(=O)c2cccn2Cc2ccncc2)n1. The third-order valence-corrected chi connectivity index (χ3v) is 4.79. The zero-order valence-corrected chi connectivity index (χ0v) is 16.0. The summed E-state index contributed by atoms with van der Waals surface area (Å²) in [5.74, 6) is -0.248. The number of hydrogen-bond donors (Lipinski definition) is 2. The topological polar surface area (TPSA) is 102 Å². The molecule has 0 unspecified atom stereocenters. The van der Waals surface area contributed by atoms with E-state index in [9.17, 15) is 9.59 Å². The monoisotopic (exact) mass is 404 g/mol. The second-order valence-corrected chi connectivity index (χ2v) is 6.90. The van der Waals surface area contributed by atoms with Crippen molar-refractivity contribution in [1.29, 1.82) is 0 Å². The van der Waals surface area contributed by atoms with E-state index in [2.05, 4.69) is 25.6 Å². The molecule has 0 aliphatic carbocycles. The number of thiazole rings is 1. The Morgan fingerprint density at radius 2 is 1.83 bits per heavy atom. The fourth-order valence-electron chi connectivity index (χ4n) is 2.66. The van der Waals surface area contributed by atoms with Gasteiger partial charge in [-0.25, -0.2) is 9.97 Å². The Morgan fingerprint density at radius 3 is 2.62 bits per heavy atom. The summed E-state index contributed by atoms with van der Waals surface area (Å²) in [7, 11) is 0. The minimum atomic E-state index is -0.387. The first-order valence-corrected chi connectivity index (χ1v) is 9.60. The molecule has 2 amide bonds. The molecule has 4 aromatic rings.